The molecule has 0 aromatic heterocycles. The van der Waals surface area contributed by atoms with Crippen molar-refractivity contribution in [2.75, 3.05) is 0 Å². The summed E-state index contributed by atoms with van der Waals surface area (Å²) in [6.45, 7) is 0. The summed E-state index contributed by atoms with van der Waals surface area (Å²) >= 11 is 0. The number of rotatable bonds is 1. The van der Waals surface area contributed by atoms with Crippen molar-refractivity contribution in [1.29, 1.82) is 0 Å². The van der Waals surface area contributed by atoms with Crippen LogP contribution in [-0.2, 0) is 0 Å². The van der Waals surface area contributed by atoms with Crippen molar-refractivity contribution in [2.24, 2.45) is 0 Å². The van der Waals surface area contributed by atoms with Gasteiger partial charge in [0.25, 0.3) is 0 Å². The Balaban J connectivity index is 3.23. The van der Waals surface area contributed by atoms with E-state index in [1.807, 2.05) is 0 Å². The molecule has 0 aliphatic rings. The van der Waals surface area contributed by atoms with Gasteiger partial charge in [0.1, 0.15) is 0 Å². The zero-order chi connectivity index (χ0) is 9.35. The fourth-order valence-corrected chi connectivity index (χ4v) is 1.56. The fourth-order valence-electron chi connectivity index (χ4n) is 0.793. The maximum absolute atomic E-state index is 9.01. The van der Waals surface area contributed by atoms with Gasteiger partial charge >= 0.3 is 67.8 Å². The van der Waals surface area contributed by atoms with E-state index in [0.717, 1.165) is 12.1 Å². The van der Waals surface area contributed by atoms with Crippen LogP contribution in [0.3, 0.4) is 0 Å². The van der Waals surface area contributed by atoms with Gasteiger partial charge in [-0.2, -0.15) is 0 Å². The minimum atomic E-state index is -4.52. The molecule has 5 N–H and O–H groups in total. The van der Waals surface area contributed by atoms with Crippen LogP contribution < -0.4 is 5.30 Å². The van der Waals surface area contributed by atoms with Crippen LogP contribution >= 0.6 is 7.94 Å². The molecule has 1 aromatic carbocycles. The van der Waals surface area contributed by atoms with Gasteiger partial charge in [0.05, 0.1) is 0 Å². The van der Waals surface area contributed by atoms with E-state index in [1.54, 1.807) is 0 Å². The van der Waals surface area contributed by atoms with Crippen LogP contribution in [0.15, 0.2) is 18.2 Å². The van der Waals surface area contributed by atoms with Gasteiger partial charge in [0.2, 0.25) is 0 Å². The van der Waals surface area contributed by atoms with Crippen LogP contribution in [0.25, 0.3) is 0 Å². The number of hydrogen-bond donors (Lipinski definition) is 5. The standard InChI is InChI=1S/C6H9O5P/c7-4-1-2-5(8)6(3-4)12(9,10)11/h1-3,7-12H. The average molecular weight is 192 g/mol. The molecule has 0 aliphatic carbocycles. The van der Waals surface area contributed by atoms with E-state index in [0.29, 0.717) is 0 Å². The van der Waals surface area contributed by atoms with Crippen LogP contribution in [0.2, 0.25) is 0 Å². The third-order valence-corrected chi connectivity index (χ3v) is 2.46. The molecule has 0 unspecified atom stereocenters. The summed E-state index contributed by atoms with van der Waals surface area (Å²) in [5, 5.41) is 17.5. The van der Waals surface area contributed by atoms with E-state index < -0.39 is 19.0 Å². The first-order chi connectivity index (χ1) is 5.41. The zero-order valence-electron chi connectivity index (χ0n) is 5.97. The number of benzene rings is 1. The SMILES string of the molecule is Oc1ccc(O)c([PH](O)(O)O)c1. The molecule has 6 heteroatoms. The molecule has 0 radical (unpaired) electrons. The van der Waals surface area contributed by atoms with Crippen LogP contribution in [0.1, 0.15) is 0 Å². The molecule has 0 atom stereocenters. The molecule has 0 amide bonds. The quantitative estimate of drug-likeness (QED) is 0.296. The van der Waals surface area contributed by atoms with E-state index in [9.17, 15) is 0 Å². The molecular formula is C6H9O5P. The van der Waals surface area contributed by atoms with Gasteiger partial charge in [-0.25, -0.2) is 0 Å². The van der Waals surface area contributed by atoms with Gasteiger partial charge in [-0.05, 0) is 0 Å². The Bertz CT molecular complexity index is 292. The first-order valence-corrected chi connectivity index (χ1v) is 4.95. The molecule has 0 heterocycles. The van der Waals surface area contributed by atoms with Crippen molar-refractivity contribution in [1.82, 2.24) is 0 Å². The summed E-state index contributed by atoms with van der Waals surface area (Å²) in [7, 11) is -4.52. The van der Waals surface area contributed by atoms with E-state index in [2.05, 4.69) is 0 Å². The third-order valence-electron chi connectivity index (χ3n) is 1.34. The van der Waals surface area contributed by atoms with Crippen molar-refractivity contribution in [2.45, 2.75) is 0 Å². The first-order valence-electron chi connectivity index (χ1n) is 3.11. The molecule has 0 aliphatic heterocycles. The molecule has 0 bridgehead atoms. The second-order valence-electron chi connectivity index (χ2n) is 2.34. The van der Waals surface area contributed by atoms with E-state index in [4.69, 9.17) is 24.9 Å². The van der Waals surface area contributed by atoms with E-state index in [1.165, 1.54) is 6.07 Å². The summed E-state index contributed by atoms with van der Waals surface area (Å²) in [5.74, 6) is -0.705. The Labute approximate surface area is 68.7 Å². The summed E-state index contributed by atoms with van der Waals surface area (Å²) in [5.41, 5.74) is 0. The second-order valence-corrected chi connectivity index (χ2v) is 4.15. The molecule has 1 aromatic rings. The van der Waals surface area contributed by atoms with Gasteiger partial charge in [-0.15, -0.1) is 0 Å². The summed E-state index contributed by atoms with van der Waals surface area (Å²) in [4.78, 5) is 26.3. The van der Waals surface area contributed by atoms with Gasteiger partial charge in [-0.1, -0.05) is 0 Å². The first kappa shape index (κ1) is 9.22. The normalized spacial score (nSPS) is 12.9. The topological polar surface area (TPSA) is 101 Å². The van der Waals surface area contributed by atoms with E-state index in [-0.39, 0.29) is 5.75 Å². The number of phenols is 2. The third kappa shape index (κ3) is 1.84. The van der Waals surface area contributed by atoms with E-state index >= 15 is 0 Å². The molecule has 68 valence electrons. The predicted molar refractivity (Wildman–Crippen MR) is 44.4 cm³/mol. The minimum absolute atomic E-state index is 0.253. The molecule has 0 fully saturated rings. The van der Waals surface area contributed by atoms with Crippen LogP contribution in [0, 0.1) is 0 Å². The zero-order valence-corrected chi connectivity index (χ0v) is 6.97. The Hall–Kier alpha value is -0.870. The Kier molecular flexibility index (Phi) is 2.21. The summed E-state index contributed by atoms with van der Waals surface area (Å²) in [6.07, 6.45) is 0. The van der Waals surface area contributed by atoms with Crippen molar-refractivity contribution in [3.63, 3.8) is 0 Å². The maximum atomic E-state index is 9.01. The van der Waals surface area contributed by atoms with Crippen molar-refractivity contribution in [3.8, 4) is 11.5 Å². The van der Waals surface area contributed by atoms with Crippen LogP contribution in [0.5, 0.6) is 11.5 Å². The van der Waals surface area contributed by atoms with Gasteiger partial charge in [0.15, 0.2) is 0 Å². The van der Waals surface area contributed by atoms with Gasteiger partial charge < -0.3 is 0 Å². The molecule has 1 rings (SSSR count). The monoisotopic (exact) mass is 192 g/mol. The average Bonchev–Trinajstić information content (AvgIpc) is 1.92. The van der Waals surface area contributed by atoms with Crippen molar-refractivity contribution >= 4 is 13.2 Å². The number of phenolic OH excluding ortho intramolecular Hbond substituents is 2. The number of aromatic hydroxyl groups is 2. The molecule has 5 nitrogen and oxygen atoms in total. The predicted octanol–water partition coefficient (Wildman–Crippen LogP) is -0.805. The van der Waals surface area contributed by atoms with Crippen LogP contribution in [0.4, 0.5) is 0 Å². The molecule has 0 saturated carbocycles. The Morgan fingerprint density at radius 2 is 1.58 bits per heavy atom. The molecule has 0 spiro atoms. The van der Waals surface area contributed by atoms with Gasteiger partial charge in [-0.3, -0.25) is 0 Å². The number of hydrogen-bond acceptors (Lipinski definition) is 5. The fraction of sp³-hybridized carbons (Fsp3) is 0. The van der Waals surface area contributed by atoms with Crippen LogP contribution in [-0.4, -0.2) is 24.9 Å². The molecule has 12 heavy (non-hydrogen) atoms. The van der Waals surface area contributed by atoms with Gasteiger partial charge in [0, 0.05) is 0 Å². The summed E-state index contributed by atoms with van der Waals surface area (Å²) < 4.78 is 0. The van der Waals surface area contributed by atoms with Crippen molar-refractivity contribution in [3.05, 3.63) is 18.2 Å². The summed E-state index contributed by atoms with van der Waals surface area (Å²) in [6, 6.07) is 3.13. The molecule has 0 saturated heterocycles. The second kappa shape index (κ2) is 2.88. The Morgan fingerprint density at radius 3 is 2.00 bits per heavy atom. The Morgan fingerprint density at radius 1 is 1.00 bits per heavy atom. The molecular weight excluding hydrogens is 183 g/mol. The van der Waals surface area contributed by atoms with Crippen molar-refractivity contribution < 1.29 is 24.9 Å².